The maximum atomic E-state index is 13.5. The fourth-order valence-corrected chi connectivity index (χ4v) is 2.52. The van der Waals surface area contributed by atoms with E-state index >= 15 is 0 Å². The average Bonchev–Trinajstić information content (AvgIpc) is 2.63. The summed E-state index contributed by atoms with van der Waals surface area (Å²) in [5.41, 5.74) is 5.39. The SMILES string of the molecule is COC(=O)[C@H](C)NCC(=O)c1ccc(-c2cccc(N)c2)cc1C(F)(F)F. The third kappa shape index (κ3) is 5.07. The van der Waals surface area contributed by atoms with Gasteiger partial charge in [0.05, 0.1) is 19.2 Å². The molecule has 0 spiro atoms. The van der Waals surface area contributed by atoms with Gasteiger partial charge in [-0.05, 0) is 36.2 Å². The second-order valence-corrected chi connectivity index (χ2v) is 5.93. The molecule has 0 unspecified atom stereocenters. The van der Waals surface area contributed by atoms with E-state index in [0.717, 1.165) is 12.1 Å². The number of Topliss-reactive ketones (excluding diaryl/α,β-unsaturated/α-hetero) is 1. The van der Waals surface area contributed by atoms with Crippen LogP contribution in [-0.2, 0) is 15.7 Å². The standard InChI is InChI=1S/C19H19F3N2O3/c1-11(18(26)27-2)24-10-17(25)15-7-6-13(9-16(15)19(20,21)22)12-4-3-5-14(23)8-12/h3-9,11,24H,10,23H2,1-2H3/t11-/m0/s1. The van der Waals surface area contributed by atoms with E-state index in [1.165, 1.54) is 20.1 Å². The largest absolute Gasteiger partial charge is 0.468 e. The van der Waals surface area contributed by atoms with Crippen molar-refractivity contribution in [3.63, 3.8) is 0 Å². The summed E-state index contributed by atoms with van der Waals surface area (Å²) in [6.45, 7) is 1.02. The van der Waals surface area contributed by atoms with Gasteiger partial charge >= 0.3 is 12.1 Å². The highest BCUT2D eigenvalue weighted by molar-refractivity contribution is 6.00. The molecule has 2 aromatic carbocycles. The van der Waals surface area contributed by atoms with Gasteiger partial charge in [0.1, 0.15) is 6.04 Å². The summed E-state index contributed by atoms with van der Waals surface area (Å²) in [7, 11) is 1.18. The van der Waals surface area contributed by atoms with Crippen molar-refractivity contribution in [2.75, 3.05) is 19.4 Å². The molecule has 0 aliphatic carbocycles. The molecule has 0 radical (unpaired) electrons. The lowest BCUT2D eigenvalue weighted by Gasteiger charge is -2.16. The Morgan fingerprint density at radius 1 is 1.15 bits per heavy atom. The molecule has 0 saturated carbocycles. The number of methoxy groups -OCH3 is 1. The Kier molecular flexibility index (Phi) is 6.22. The van der Waals surface area contributed by atoms with Crippen molar-refractivity contribution >= 4 is 17.4 Å². The summed E-state index contributed by atoms with van der Waals surface area (Å²) < 4.78 is 45.0. The molecule has 1 atom stereocenters. The van der Waals surface area contributed by atoms with E-state index in [-0.39, 0.29) is 0 Å². The summed E-state index contributed by atoms with van der Waals surface area (Å²) in [6.07, 6.45) is -4.71. The fourth-order valence-electron chi connectivity index (χ4n) is 2.52. The highest BCUT2D eigenvalue weighted by Gasteiger charge is 2.35. The molecular weight excluding hydrogens is 361 g/mol. The lowest BCUT2D eigenvalue weighted by molar-refractivity contribution is -0.142. The number of esters is 1. The Labute approximate surface area is 154 Å². The van der Waals surface area contributed by atoms with Gasteiger partial charge in [0.25, 0.3) is 0 Å². The highest BCUT2D eigenvalue weighted by Crippen LogP contribution is 2.35. The number of carbonyl (C=O) groups is 2. The van der Waals surface area contributed by atoms with Crippen molar-refractivity contribution in [2.45, 2.75) is 19.1 Å². The zero-order valence-electron chi connectivity index (χ0n) is 14.8. The first-order chi connectivity index (χ1) is 12.6. The number of alkyl halides is 3. The molecule has 5 nitrogen and oxygen atoms in total. The predicted octanol–water partition coefficient (Wildman–Crippen LogP) is 3.29. The van der Waals surface area contributed by atoms with Crippen LogP contribution in [0.15, 0.2) is 42.5 Å². The molecule has 2 aromatic rings. The van der Waals surface area contributed by atoms with Gasteiger partial charge in [-0.1, -0.05) is 24.3 Å². The second-order valence-electron chi connectivity index (χ2n) is 5.93. The van der Waals surface area contributed by atoms with Gasteiger partial charge in [-0.25, -0.2) is 0 Å². The number of hydrogen-bond acceptors (Lipinski definition) is 5. The van der Waals surface area contributed by atoms with Crippen molar-refractivity contribution in [3.05, 3.63) is 53.6 Å². The fraction of sp³-hybridized carbons (Fsp3) is 0.263. The van der Waals surface area contributed by atoms with Gasteiger partial charge in [-0.3, -0.25) is 14.9 Å². The van der Waals surface area contributed by atoms with E-state index in [4.69, 9.17) is 5.73 Å². The van der Waals surface area contributed by atoms with Gasteiger partial charge in [0.2, 0.25) is 0 Å². The Balaban J connectivity index is 2.33. The van der Waals surface area contributed by atoms with Crippen LogP contribution in [0.2, 0.25) is 0 Å². The molecular formula is C19H19F3N2O3. The van der Waals surface area contributed by atoms with Crippen LogP contribution in [0.1, 0.15) is 22.8 Å². The number of nitrogen functional groups attached to an aromatic ring is 1. The van der Waals surface area contributed by atoms with Crippen molar-refractivity contribution in [1.29, 1.82) is 0 Å². The van der Waals surface area contributed by atoms with Crippen LogP contribution in [0.25, 0.3) is 11.1 Å². The minimum Gasteiger partial charge on any atom is -0.468 e. The van der Waals surface area contributed by atoms with E-state index in [1.807, 2.05) is 0 Å². The quantitative estimate of drug-likeness (QED) is 0.457. The molecule has 0 bridgehead atoms. The third-order valence-electron chi connectivity index (χ3n) is 3.97. The van der Waals surface area contributed by atoms with E-state index in [1.54, 1.807) is 24.3 Å². The Morgan fingerprint density at radius 3 is 2.41 bits per heavy atom. The lowest BCUT2D eigenvalue weighted by Crippen LogP contribution is -2.38. The van der Waals surface area contributed by atoms with Crippen molar-refractivity contribution in [2.24, 2.45) is 0 Å². The van der Waals surface area contributed by atoms with Gasteiger partial charge in [-0.2, -0.15) is 13.2 Å². The molecule has 3 N–H and O–H groups in total. The number of carbonyl (C=O) groups excluding carboxylic acids is 2. The number of anilines is 1. The topological polar surface area (TPSA) is 81.4 Å². The normalized spacial score (nSPS) is 12.5. The van der Waals surface area contributed by atoms with E-state index in [0.29, 0.717) is 16.8 Å². The summed E-state index contributed by atoms with van der Waals surface area (Å²) >= 11 is 0. The van der Waals surface area contributed by atoms with Crippen molar-refractivity contribution in [1.82, 2.24) is 5.32 Å². The van der Waals surface area contributed by atoms with Crippen LogP contribution in [0.5, 0.6) is 0 Å². The highest BCUT2D eigenvalue weighted by atomic mass is 19.4. The molecule has 0 heterocycles. The van der Waals surface area contributed by atoms with Gasteiger partial charge in [0.15, 0.2) is 5.78 Å². The van der Waals surface area contributed by atoms with Crippen LogP contribution in [0.3, 0.4) is 0 Å². The number of ketones is 1. The third-order valence-corrected chi connectivity index (χ3v) is 3.97. The molecule has 2 rings (SSSR count). The van der Waals surface area contributed by atoms with Crippen LogP contribution >= 0.6 is 0 Å². The summed E-state index contributed by atoms with van der Waals surface area (Å²) in [6, 6.07) is 9.11. The average molecular weight is 380 g/mol. The Hall–Kier alpha value is -2.87. The molecule has 27 heavy (non-hydrogen) atoms. The number of nitrogens with one attached hydrogen (secondary N) is 1. The molecule has 0 aliphatic heterocycles. The smallest absolute Gasteiger partial charge is 0.417 e. The van der Waals surface area contributed by atoms with E-state index in [9.17, 15) is 22.8 Å². The first-order valence-electron chi connectivity index (χ1n) is 8.05. The monoisotopic (exact) mass is 380 g/mol. The molecule has 8 heteroatoms. The Bertz CT molecular complexity index is 850. The molecule has 0 aliphatic rings. The van der Waals surface area contributed by atoms with Crippen LogP contribution in [0.4, 0.5) is 18.9 Å². The van der Waals surface area contributed by atoms with E-state index in [2.05, 4.69) is 10.1 Å². The van der Waals surface area contributed by atoms with Crippen LogP contribution in [-0.4, -0.2) is 31.4 Å². The number of hydrogen-bond donors (Lipinski definition) is 2. The molecule has 144 valence electrons. The number of benzene rings is 2. The van der Waals surface area contributed by atoms with Crippen LogP contribution in [0, 0.1) is 0 Å². The predicted molar refractivity (Wildman–Crippen MR) is 95.1 cm³/mol. The maximum Gasteiger partial charge on any atom is 0.417 e. The maximum absolute atomic E-state index is 13.5. The number of rotatable bonds is 6. The minimum absolute atomic E-state index is 0.294. The lowest BCUT2D eigenvalue weighted by atomic mass is 9.96. The van der Waals surface area contributed by atoms with Gasteiger partial charge in [0, 0.05) is 11.3 Å². The van der Waals surface area contributed by atoms with Gasteiger partial charge < -0.3 is 10.5 Å². The number of ether oxygens (including phenoxy) is 1. The number of halogens is 3. The molecule has 0 amide bonds. The molecule has 0 fully saturated rings. The summed E-state index contributed by atoms with van der Waals surface area (Å²) in [5.74, 6) is -1.40. The summed E-state index contributed by atoms with van der Waals surface area (Å²) in [4.78, 5) is 23.6. The minimum atomic E-state index is -4.71. The number of nitrogens with two attached hydrogens (primary N) is 1. The second kappa shape index (κ2) is 8.22. The Morgan fingerprint density at radius 2 is 1.81 bits per heavy atom. The molecule has 0 saturated heterocycles. The van der Waals surface area contributed by atoms with Crippen molar-refractivity contribution < 1.29 is 27.5 Å². The van der Waals surface area contributed by atoms with E-state index < -0.39 is 41.6 Å². The van der Waals surface area contributed by atoms with Crippen molar-refractivity contribution in [3.8, 4) is 11.1 Å². The van der Waals surface area contributed by atoms with Crippen LogP contribution < -0.4 is 11.1 Å². The zero-order chi connectivity index (χ0) is 20.2. The van der Waals surface area contributed by atoms with Gasteiger partial charge in [-0.15, -0.1) is 0 Å². The molecule has 0 aromatic heterocycles. The first kappa shape index (κ1) is 20.4. The summed E-state index contributed by atoms with van der Waals surface area (Å²) in [5, 5.41) is 2.56. The first-order valence-corrected chi connectivity index (χ1v) is 8.05. The zero-order valence-corrected chi connectivity index (χ0v) is 14.8.